The molecule has 0 fully saturated rings. The summed E-state index contributed by atoms with van der Waals surface area (Å²) in [5.41, 5.74) is 7.48. The Morgan fingerprint density at radius 2 is 1.96 bits per heavy atom. The Morgan fingerprint density at radius 3 is 2.60 bits per heavy atom. The molecule has 0 aromatic heterocycles. The maximum atomic E-state index is 12.3. The Hall–Kier alpha value is -2.84. The van der Waals surface area contributed by atoms with Crippen molar-refractivity contribution in [1.29, 1.82) is 0 Å². The van der Waals surface area contributed by atoms with Gasteiger partial charge in [-0.15, -0.1) is 0 Å². The number of carboxylic acids is 1. The molecule has 25 heavy (non-hydrogen) atoms. The first kappa shape index (κ1) is 17.0. The van der Waals surface area contributed by atoms with Crippen molar-refractivity contribution in [2.75, 3.05) is 0 Å². The van der Waals surface area contributed by atoms with E-state index in [1.54, 1.807) is 36.4 Å². The van der Waals surface area contributed by atoms with Crippen molar-refractivity contribution < 1.29 is 24.4 Å². The van der Waals surface area contributed by atoms with Crippen LogP contribution >= 0.6 is 0 Å². The molecule has 0 spiro atoms. The molecular formula is C17H17BN2O5. The van der Waals surface area contributed by atoms with Crippen LogP contribution in [0.3, 0.4) is 0 Å². The fourth-order valence-electron chi connectivity index (χ4n) is 2.76. The Morgan fingerprint density at radius 1 is 1.24 bits per heavy atom. The number of nitrogens with two attached hydrogens (primary N) is 1. The number of para-hydroxylation sites is 1. The van der Waals surface area contributed by atoms with E-state index in [2.05, 4.69) is 5.32 Å². The molecule has 1 atom stereocenters. The first-order valence-corrected chi connectivity index (χ1v) is 7.79. The number of carbonyl (C=O) groups excluding carboxylic acids is 1. The summed E-state index contributed by atoms with van der Waals surface area (Å²) in [4.78, 5) is 23.6. The third kappa shape index (κ3) is 3.49. The number of carbonyl (C=O) groups is 2. The second-order valence-corrected chi connectivity index (χ2v) is 5.79. The van der Waals surface area contributed by atoms with Crippen molar-refractivity contribution in [3.8, 4) is 5.75 Å². The van der Waals surface area contributed by atoms with E-state index in [1.807, 2.05) is 0 Å². The molecule has 0 bridgehead atoms. The predicted octanol–water partition coefficient (Wildman–Crippen LogP) is 0.597. The van der Waals surface area contributed by atoms with Crippen LogP contribution < -0.4 is 15.7 Å². The molecule has 2 aromatic carbocycles. The van der Waals surface area contributed by atoms with Crippen molar-refractivity contribution in [3.05, 3.63) is 64.7 Å². The lowest BCUT2D eigenvalue weighted by Crippen LogP contribution is -2.53. The molecule has 8 heteroatoms. The van der Waals surface area contributed by atoms with Gasteiger partial charge >= 0.3 is 13.1 Å². The van der Waals surface area contributed by atoms with Gasteiger partial charge < -0.3 is 25.8 Å². The molecule has 128 valence electrons. The van der Waals surface area contributed by atoms with Crippen LogP contribution in [0.25, 0.3) is 0 Å². The lowest BCUT2D eigenvalue weighted by atomic mass is 9.72. The fraction of sp³-hybridized carbons (Fsp3) is 0.176. The Kier molecular flexibility index (Phi) is 4.73. The molecule has 1 heterocycles. The third-order valence-electron chi connectivity index (χ3n) is 4.12. The molecule has 0 unspecified atom stereocenters. The second kappa shape index (κ2) is 6.96. The maximum absolute atomic E-state index is 12.3. The summed E-state index contributed by atoms with van der Waals surface area (Å²) in [6.07, 6.45) is 0.268. The highest BCUT2D eigenvalue weighted by Crippen LogP contribution is 2.30. The van der Waals surface area contributed by atoms with E-state index >= 15 is 0 Å². The van der Waals surface area contributed by atoms with Crippen molar-refractivity contribution in [1.82, 2.24) is 5.32 Å². The summed E-state index contributed by atoms with van der Waals surface area (Å²) in [6.45, 7) is 0.389. The fourth-order valence-corrected chi connectivity index (χ4v) is 2.76. The Labute approximate surface area is 144 Å². The maximum Gasteiger partial charge on any atom is 0.547 e. The van der Waals surface area contributed by atoms with Crippen LogP contribution in [0.2, 0.25) is 0 Å². The molecule has 1 aliphatic rings. The average Bonchev–Trinajstić information content (AvgIpc) is 2.61. The van der Waals surface area contributed by atoms with Crippen LogP contribution in [-0.2, 0) is 13.0 Å². The second-order valence-electron chi connectivity index (χ2n) is 5.79. The Balaban J connectivity index is 1.77. The lowest BCUT2D eigenvalue weighted by Gasteiger charge is -2.28. The number of carboxylic acid groups (broad SMARTS) is 1. The van der Waals surface area contributed by atoms with E-state index in [1.165, 1.54) is 6.07 Å². The molecule has 0 saturated carbocycles. The molecule has 0 radical (unpaired) electrons. The van der Waals surface area contributed by atoms with Gasteiger partial charge in [0, 0.05) is 12.1 Å². The number of hydrogen-bond donors (Lipinski definition) is 4. The molecule has 0 aliphatic carbocycles. The van der Waals surface area contributed by atoms with Gasteiger partial charge in [0.15, 0.2) is 0 Å². The zero-order chi connectivity index (χ0) is 18.0. The van der Waals surface area contributed by atoms with Crippen LogP contribution in [0, 0.1) is 0 Å². The summed E-state index contributed by atoms with van der Waals surface area (Å²) in [7, 11) is -1.33. The normalized spacial score (nSPS) is 15.9. The number of aromatic carboxylic acids is 1. The van der Waals surface area contributed by atoms with Crippen LogP contribution in [0.5, 0.6) is 5.75 Å². The number of benzene rings is 2. The molecule has 1 amide bonds. The highest BCUT2D eigenvalue weighted by atomic mass is 16.5. The van der Waals surface area contributed by atoms with Gasteiger partial charge in [-0.1, -0.05) is 24.3 Å². The van der Waals surface area contributed by atoms with E-state index in [9.17, 15) is 19.7 Å². The van der Waals surface area contributed by atoms with Crippen LogP contribution in [0.1, 0.15) is 31.8 Å². The van der Waals surface area contributed by atoms with E-state index in [4.69, 9.17) is 10.4 Å². The van der Waals surface area contributed by atoms with Gasteiger partial charge in [-0.05, 0) is 35.7 Å². The molecule has 0 saturated heterocycles. The molecule has 1 aliphatic heterocycles. The first-order chi connectivity index (χ1) is 12.0. The van der Waals surface area contributed by atoms with Gasteiger partial charge in [-0.25, -0.2) is 4.79 Å². The number of fused-ring (bicyclic) bond motifs is 1. The zero-order valence-electron chi connectivity index (χ0n) is 13.3. The number of amides is 1. The standard InChI is InChI=1S/C17H17BN2O5/c19-9-10-4-6-11(7-5-10)16(21)20-14-8-12-2-1-3-13(17(22)23)15(12)25-18(14)24/h1-7,14,24H,8-9,19H2,(H,20,21)(H,22,23)/t14-/m0/s1. The van der Waals surface area contributed by atoms with Gasteiger partial charge in [0.2, 0.25) is 0 Å². The highest BCUT2D eigenvalue weighted by Gasteiger charge is 2.37. The average molecular weight is 340 g/mol. The van der Waals surface area contributed by atoms with Crippen LogP contribution in [0.4, 0.5) is 0 Å². The smallest absolute Gasteiger partial charge is 0.534 e. The molecular weight excluding hydrogens is 323 g/mol. The summed E-state index contributed by atoms with van der Waals surface area (Å²) in [5.74, 6) is -2.03. The molecule has 2 aromatic rings. The molecule has 3 rings (SSSR count). The van der Waals surface area contributed by atoms with E-state index in [0.717, 1.165) is 5.56 Å². The van der Waals surface area contributed by atoms with Crippen molar-refractivity contribution >= 4 is 19.0 Å². The minimum Gasteiger partial charge on any atom is -0.534 e. The first-order valence-electron chi connectivity index (χ1n) is 7.79. The lowest BCUT2D eigenvalue weighted by molar-refractivity contribution is 0.0693. The van der Waals surface area contributed by atoms with Crippen molar-refractivity contribution in [2.24, 2.45) is 5.73 Å². The number of rotatable bonds is 4. The largest absolute Gasteiger partial charge is 0.547 e. The van der Waals surface area contributed by atoms with Gasteiger partial charge in [-0.3, -0.25) is 4.79 Å². The van der Waals surface area contributed by atoms with E-state index in [0.29, 0.717) is 17.7 Å². The number of hydrogen-bond acceptors (Lipinski definition) is 5. The third-order valence-corrected chi connectivity index (χ3v) is 4.12. The number of nitrogens with one attached hydrogen (secondary N) is 1. The van der Waals surface area contributed by atoms with Gasteiger partial charge in [-0.2, -0.15) is 0 Å². The summed E-state index contributed by atoms with van der Waals surface area (Å²) >= 11 is 0. The van der Waals surface area contributed by atoms with Gasteiger partial charge in [0.1, 0.15) is 5.75 Å². The topological polar surface area (TPSA) is 122 Å². The SMILES string of the molecule is NCc1ccc(C(=O)N[C@H]2Cc3cccc(C(=O)O)c3OB2O)cc1. The minimum absolute atomic E-state index is 0.0151. The quantitative estimate of drug-likeness (QED) is 0.605. The Bertz CT molecular complexity index is 809. The van der Waals surface area contributed by atoms with Gasteiger partial charge in [0.05, 0.1) is 11.5 Å². The molecule has 7 nitrogen and oxygen atoms in total. The molecule has 5 N–H and O–H groups in total. The van der Waals surface area contributed by atoms with Crippen molar-refractivity contribution in [2.45, 2.75) is 18.9 Å². The van der Waals surface area contributed by atoms with Crippen LogP contribution in [-0.4, -0.2) is 35.1 Å². The van der Waals surface area contributed by atoms with E-state index < -0.39 is 19.0 Å². The summed E-state index contributed by atoms with van der Waals surface area (Å²) in [5, 5.41) is 22.1. The highest BCUT2D eigenvalue weighted by molar-refractivity contribution is 6.47. The van der Waals surface area contributed by atoms with Crippen LogP contribution in [0.15, 0.2) is 42.5 Å². The van der Waals surface area contributed by atoms with Gasteiger partial charge in [0.25, 0.3) is 5.91 Å². The zero-order valence-corrected chi connectivity index (χ0v) is 13.3. The van der Waals surface area contributed by atoms with Crippen molar-refractivity contribution in [3.63, 3.8) is 0 Å². The van der Waals surface area contributed by atoms with E-state index in [-0.39, 0.29) is 23.6 Å². The summed E-state index contributed by atoms with van der Waals surface area (Å²) < 4.78 is 5.35. The summed E-state index contributed by atoms with van der Waals surface area (Å²) in [6, 6.07) is 11.6. The monoisotopic (exact) mass is 340 g/mol. The minimum atomic E-state index is -1.33. The predicted molar refractivity (Wildman–Crippen MR) is 91.3 cm³/mol.